The third-order valence-corrected chi connectivity index (χ3v) is 4.66. The molecule has 2 aliphatic heterocycles. The summed E-state index contributed by atoms with van der Waals surface area (Å²) in [6.07, 6.45) is 5.98. The van der Waals surface area contributed by atoms with Crippen LogP contribution in [0.25, 0.3) is 0 Å². The third-order valence-electron chi connectivity index (χ3n) is 4.22. The molecule has 6 heteroatoms. The van der Waals surface area contributed by atoms with Gasteiger partial charge in [0.05, 0.1) is 5.70 Å². The van der Waals surface area contributed by atoms with Gasteiger partial charge < -0.3 is 4.74 Å². The van der Waals surface area contributed by atoms with Gasteiger partial charge in [-0.3, -0.25) is 19.9 Å². The number of fused-ring (bicyclic) bond motifs is 2. The van der Waals surface area contributed by atoms with Gasteiger partial charge in [0.2, 0.25) is 0 Å². The lowest BCUT2D eigenvalue weighted by Crippen LogP contribution is -2.36. The Morgan fingerprint density at radius 2 is 2.23 bits per heavy atom. The lowest BCUT2D eigenvalue weighted by atomic mass is 9.82. The maximum absolute atomic E-state index is 12.2. The Bertz CT molecular complexity index is 796. The maximum atomic E-state index is 12.2. The van der Waals surface area contributed by atoms with E-state index < -0.39 is 0 Å². The van der Waals surface area contributed by atoms with Gasteiger partial charge in [-0.1, -0.05) is 6.92 Å². The number of cyclic esters (lactones) is 1. The molecule has 22 heavy (non-hydrogen) atoms. The summed E-state index contributed by atoms with van der Waals surface area (Å²) in [5, 5.41) is 0. The third kappa shape index (κ3) is 1.90. The fourth-order valence-electron chi connectivity index (χ4n) is 3.22. The van der Waals surface area contributed by atoms with Gasteiger partial charge in [-0.05, 0) is 46.1 Å². The Labute approximate surface area is 136 Å². The molecule has 4 heterocycles. The average molecular weight is 360 g/mol. The second-order valence-electron chi connectivity index (χ2n) is 5.45. The number of carbonyl (C=O) groups is 1. The summed E-state index contributed by atoms with van der Waals surface area (Å²) in [6.45, 7) is 2.11. The molecule has 1 N–H and O–H groups in total. The second kappa shape index (κ2) is 4.98. The molecular formula is C16H14BrN3O2. The highest BCUT2D eigenvalue weighted by atomic mass is 79.9. The van der Waals surface area contributed by atoms with Crippen molar-refractivity contribution in [1.29, 1.82) is 0 Å². The molecule has 0 aromatic carbocycles. The van der Waals surface area contributed by atoms with Crippen molar-refractivity contribution in [3.63, 3.8) is 0 Å². The number of nitrogens with one attached hydrogen (secondary N) is 1. The number of rotatable bonds is 2. The van der Waals surface area contributed by atoms with Crippen molar-refractivity contribution in [3.8, 4) is 0 Å². The molecule has 2 aromatic heterocycles. The zero-order valence-electron chi connectivity index (χ0n) is 11.9. The minimum Gasteiger partial charge on any atom is -0.432 e. The first-order chi connectivity index (χ1) is 10.7. The van der Waals surface area contributed by atoms with Gasteiger partial charge in [-0.25, -0.2) is 0 Å². The summed E-state index contributed by atoms with van der Waals surface area (Å²) in [5.41, 5.74) is 7.32. The predicted octanol–water partition coefficient (Wildman–Crippen LogP) is 2.91. The van der Waals surface area contributed by atoms with Crippen LogP contribution in [-0.2, 0) is 16.0 Å². The molecule has 2 aromatic rings. The van der Waals surface area contributed by atoms with Gasteiger partial charge in [0, 0.05) is 34.2 Å². The number of hydrogen-bond donors (Lipinski definition) is 1. The van der Waals surface area contributed by atoms with Crippen molar-refractivity contribution in [2.24, 2.45) is 5.92 Å². The zero-order valence-corrected chi connectivity index (χ0v) is 13.5. The Morgan fingerprint density at radius 1 is 1.36 bits per heavy atom. The van der Waals surface area contributed by atoms with Crippen molar-refractivity contribution < 1.29 is 9.53 Å². The normalized spacial score (nSPS) is 22.5. The van der Waals surface area contributed by atoms with E-state index >= 15 is 0 Å². The number of halogens is 1. The quantitative estimate of drug-likeness (QED) is 0.837. The summed E-state index contributed by atoms with van der Waals surface area (Å²) in [4.78, 5) is 16.5. The van der Waals surface area contributed by atoms with E-state index in [1.165, 1.54) is 12.0 Å². The Hall–Kier alpha value is -2.08. The Morgan fingerprint density at radius 3 is 3.00 bits per heavy atom. The number of nitrogens with zero attached hydrogens (tertiary/aromatic N) is 2. The average Bonchev–Trinajstić information content (AvgIpc) is 3.09. The number of esters is 1. The van der Waals surface area contributed by atoms with Crippen LogP contribution in [0.15, 0.2) is 47.0 Å². The molecule has 0 saturated heterocycles. The van der Waals surface area contributed by atoms with E-state index in [0.717, 1.165) is 27.8 Å². The van der Waals surface area contributed by atoms with Gasteiger partial charge >= 0.3 is 5.97 Å². The van der Waals surface area contributed by atoms with Crippen LogP contribution in [0.5, 0.6) is 0 Å². The topological polar surface area (TPSA) is 56.2 Å². The Balaban J connectivity index is 1.92. The first-order valence-electron chi connectivity index (χ1n) is 7.17. The summed E-state index contributed by atoms with van der Waals surface area (Å²) in [6, 6.07) is 6.17. The van der Waals surface area contributed by atoms with E-state index in [1.807, 2.05) is 12.3 Å². The Kier molecular flexibility index (Phi) is 3.07. The van der Waals surface area contributed by atoms with Gasteiger partial charge in [-0.15, -0.1) is 0 Å². The number of hydrogen-bond acceptors (Lipinski definition) is 4. The molecule has 0 radical (unpaired) electrons. The van der Waals surface area contributed by atoms with Crippen LogP contribution in [0.2, 0.25) is 0 Å². The minimum atomic E-state index is -0.344. The molecule has 5 nitrogen and oxygen atoms in total. The highest BCUT2D eigenvalue weighted by molar-refractivity contribution is 9.10. The lowest BCUT2D eigenvalue weighted by molar-refractivity contribution is -0.139. The lowest BCUT2D eigenvalue weighted by Gasteiger charge is -2.32. The number of ether oxygens (including phenoxy) is 1. The monoisotopic (exact) mass is 359 g/mol. The standard InChI is InChI=1S/C16H14BrN3O2/c1-2-11-3-4-13-14(9-5-10(17)7-18-6-9)15-12(19-20(11)13)8-22-16(15)21/h3-8,14-15,19H,2H2,1H3. The molecule has 2 aliphatic rings. The predicted molar refractivity (Wildman–Crippen MR) is 84.6 cm³/mol. The van der Waals surface area contributed by atoms with Crippen LogP contribution in [0.1, 0.15) is 29.8 Å². The van der Waals surface area contributed by atoms with Crippen LogP contribution >= 0.6 is 15.9 Å². The molecule has 2 atom stereocenters. The van der Waals surface area contributed by atoms with Gasteiger partial charge in [0.25, 0.3) is 0 Å². The van der Waals surface area contributed by atoms with Crippen LogP contribution in [-0.4, -0.2) is 15.6 Å². The highest BCUT2D eigenvalue weighted by Gasteiger charge is 2.44. The largest absolute Gasteiger partial charge is 0.432 e. The number of aryl methyl sites for hydroxylation is 1. The molecule has 0 aliphatic carbocycles. The van der Waals surface area contributed by atoms with Crippen molar-refractivity contribution in [2.75, 3.05) is 5.43 Å². The first-order valence-corrected chi connectivity index (χ1v) is 7.97. The minimum absolute atomic E-state index is 0.104. The van der Waals surface area contributed by atoms with Gasteiger partial charge in [0.15, 0.2) is 0 Å². The van der Waals surface area contributed by atoms with Crippen LogP contribution in [0.4, 0.5) is 0 Å². The molecule has 2 unspecified atom stereocenters. The molecule has 0 spiro atoms. The fraction of sp³-hybridized carbons (Fsp3) is 0.250. The van der Waals surface area contributed by atoms with Crippen molar-refractivity contribution in [1.82, 2.24) is 9.66 Å². The van der Waals surface area contributed by atoms with E-state index in [2.05, 4.69) is 50.1 Å². The maximum Gasteiger partial charge on any atom is 0.321 e. The van der Waals surface area contributed by atoms with E-state index in [-0.39, 0.29) is 17.8 Å². The van der Waals surface area contributed by atoms with Crippen molar-refractivity contribution >= 4 is 21.9 Å². The molecule has 112 valence electrons. The summed E-state index contributed by atoms with van der Waals surface area (Å²) < 4.78 is 8.10. The van der Waals surface area contributed by atoms with Gasteiger partial charge in [-0.2, -0.15) is 0 Å². The van der Waals surface area contributed by atoms with E-state index in [1.54, 1.807) is 6.20 Å². The van der Waals surface area contributed by atoms with E-state index in [4.69, 9.17) is 4.74 Å². The molecule has 0 amide bonds. The number of pyridine rings is 1. The molecule has 0 saturated carbocycles. The molecule has 4 rings (SSSR count). The number of aromatic nitrogens is 2. The summed E-state index contributed by atoms with van der Waals surface area (Å²) in [7, 11) is 0. The van der Waals surface area contributed by atoms with Crippen LogP contribution in [0.3, 0.4) is 0 Å². The van der Waals surface area contributed by atoms with Crippen molar-refractivity contribution in [3.05, 3.63) is 64.0 Å². The smallest absolute Gasteiger partial charge is 0.321 e. The highest BCUT2D eigenvalue weighted by Crippen LogP contribution is 2.43. The fourth-order valence-corrected chi connectivity index (χ4v) is 3.60. The van der Waals surface area contributed by atoms with Gasteiger partial charge in [0.1, 0.15) is 12.2 Å². The van der Waals surface area contributed by atoms with Crippen molar-refractivity contribution in [2.45, 2.75) is 19.3 Å². The second-order valence-corrected chi connectivity index (χ2v) is 6.37. The SMILES string of the molecule is CCc1ccc2n1NC1=COC(=O)C1C2c1cncc(Br)c1. The molecule has 0 fully saturated rings. The first kappa shape index (κ1) is 13.6. The molecule has 0 bridgehead atoms. The summed E-state index contributed by atoms with van der Waals surface area (Å²) >= 11 is 3.46. The number of carbonyl (C=O) groups excluding carboxylic acids is 1. The van der Waals surface area contributed by atoms with Crippen LogP contribution in [0, 0.1) is 5.92 Å². The zero-order chi connectivity index (χ0) is 15.3. The van der Waals surface area contributed by atoms with Crippen LogP contribution < -0.4 is 5.43 Å². The van der Waals surface area contributed by atoms with E-state index in [0.29, 0.717) is 0 Å². The van der Waals surface area contributed by atoms with E-state index in [9.17, 15) is 4.79 Å². The summed E-state index contributed by atoms with van der Waals surface area (Å²) in [5.74, 6) is -0.672. The molecular weight excluding hydrogens is 346 g/mol.